The zero-order valence-corrected chi connectivity index (χ0v) is 10.2. The van der Waals surface area contributed by atoms with Crippen LogP contribution in [-0.2, 0) is 6.61 Å². The van der Waals surface area contributed by atoms with Crippen LogP contribution in [0.3, 0.4) is 0 Å². The van der Waals surface area contributed by atoms with Gasteiger partial charge in [0.15, 0.2) is 0 Å². The molecule has 3 nitrogen and oxygen atoms in total. The minimum Gasteiger partial charge on any atom is -0.496 e. The van der Waals surface area contributed by atoms with E-state index in [1.165, 1.54) is 0 Å². The summed E-state index contributed by atoms with van der Waals surface area (Å²) in [4.78, 5) is 10.7. The van der Waals surface area contributed by atoms with Crippen LogP contribution in [0.4, 0.5) is 0 Å². The fourth-order valence-corrected chi connectivity index (χ4v) is 1.82. The van der Waals surface area contributed by atoms with E-state index in [1.54, 1.807) is 25.3 Å². The maximum absolute atomic E-state index is 10.7. The molecule has 4 heteroatoms. The Morgan fingerprint density at radius 1 is 1.29 bits per heavy atom. The van der Waals surface area contributed by atoms with Crippen molar-refractivity contribution < 1.29 is 14.6 Å². The van der Waals surface area contributed by atoms with E-state index in [0.717, 1.165) is 22.6 Å². The van der Waals surface area contributed by atoms with Crippen molar-refractivity contribution in [1.82, 2.24) is 0 Å². The summed E-state index contributed by atoms with van der Waals surface area (Å²) in [6.07, 6.45) is 0.808. The van der Waals surface area contributed by atoms with Gasteiger partial charge in [-0.1, -0.05) is 18.2 Å². The van der Waals surface area contributed by atoms with Crippen LogP contribution in [-0.4, -0.2) is 18.5 Å². The zero-order valence-electron chi connectivity index (χ0n) is 9.34. The lowest BCUT2D eigenvalue weighted by Crippen LogP contribution is -1.93. The van der Waals surface area contributed by atoms with Crippen molar-refractivity contribution in [3.63, 3.8) is 0 Å². The smallest absolute Gasteiger partial charge is 0.150 e. The molecule has 0 aliphatic rings. The molecule has 0 bridgehead atoms. The Balaban J connectivity index is 0.00000144. The quantitative estimate of drug-likeness (QED) is 0.854. The van der Waals surface area contributed by atoms with E-state index in [9.17, 15) is 9.90 Å². The largest absolute Gasteiger partial charge is 0.496 e. The Hall–Kier alpha value is -1.58. The average Bonchev–Trinajstić information content (AvgIpc) is 2.36. The molecule has 0 heterocycles. The van der Waals surface area contributed by atoms with Crippen molar-refractivity contribution in [3.05, 3.63) is 41.5 Å². The molecule has 2 aromatic carbocycles. The highest BCUT2D eigenvalue weighted by Crippen LogP contribution is 2.28. The summed E-state index contributed by atoms with van der Waals surface area (Å²) >= 11 is 0. The molecule has 2 rings (SSSR count). The molecule has 90 valence electrons. The highest BCUT2D eigenvalue weighted by atomic mass is 35.5. The molecule has 17 heavy (non-hydrogen) atoms. The van der Waals surface area contributed by atoms with Crippen LogP contribution in [0.1, 0.15) is 15.9 Å². The Bertz CT molecular complexity index is 537. The number of aliphatic hydroxyl groups is 1. The number of aliphatic hydroxyl groups excluding tert-OH is 1. The Labute approximate surface area is 105 Å². The number of hydrogen-bond donors (Lipinski definition) is 1. The Kier molecular flexibility index (Phi) is 4.49. The topological polar surface area (TPSA) is 46.5 Å². The first-order chi connectivity index (χ1) is 7.80. The van der Waals surface area contributed by atoms with Gasteiger partial charge in [-0.25, -0.2) is 0 Å². The first-order valence-corrected chi connectivity index (χ1v) is 4.96. The lowest BCUT2D eigenvalue weighted by atomic mass is 10.0. The van der Waals surface area contributed by atoms with Gasteiger partial charge >= 0.3 is 0 Å². The fraction of sp³-hybridized carbons (Fsp3) is 0.154. The van der Waals surface area contributed by atoms with Crippen molar-refractivity contribution in [1.29, 1.82) is 0 Å². The monoisotopic (exact) mass is 252 g/mol. The molecule has 0 spiro atoms. The van der Waals surface area contributed by atoms with Gasteiger partial charge in [0.1, 0.15) is 12.0 Å². The minimum absolute atomic E-state index is 0. The maximum Gasteiger partial charge on any atom is 0.150 e. The third-order valence-corrected chi connectivity index (χ3v) is 2.63. The van der Waals surface area contributed by atoms with Crippen LogP contribution < -0.4 is 4.74 Å². The number of methoxy groups -OCH3 is 1. The molecule has 1 N–H and O–H groups in total. The van der Waals surface area contributed by atoms with E-state index in [-0.39, 0.29) is 19.0 Å². The molecule has 0 fully saturated rings. The summed E-state index contributed by atoms with van der Waals surface area (Å²) in [5, 5.41) is 11.2. The molecule has 0 amide bonds. The molecule has 0 saturated carbocycles. The number of ether oxygens (including phenoxy) is 1. The van der Waals surface area contributed by atoms with Gasteiger partial charge < -0.3 is 9.84 Å². The van der Waals surface area contributed by atoms with Gasteiger partial charge in [0.2, 0.25) is 0 Å². The van der Waals surface area contributed by atoms with E-state index >= 15 is 0 Å². The number of hydrogen-bond acceptors (Lipinski definition) is 3. The van der Waals surface area contributed by atoms with Crippen LogP contribution in [0.2, 0.25) is 0 Å². The first kappa shape index (κ1) is 13.5. The van der Waals surface area contributed by atoms with E-state index in [2.05, 4.69) is 0 Å². The van der Waals surface area contributed by atoms with Crippen molar-refractivity contribution >= 4 is 29.5 Å². The SMILES string of the molecule is COc1ccc2cc(C=O)ccc2c1CO.Cl. The summed E-state index contributed by atoms with van der Waals surface area (Å²) in [6, 6.07) is 9.02. The Morgan fingerprint density at radius 3 is 2.65 bits per heavy atom. The summed E-state index contributed by atoms with van der Waals surface area (Å²) in [6.45, 7) is -0.0824. The average molecular weight is 253 g/mol. The lowest BCUT2D eigenvalue weighted by Gasteiger charge is -2.09. The van der Waals surface area contributed by atoms with E-state index in [1.807, 2.05) is 12.1 Å². The third kappa shape index (κ3) is 2.40. The van der Waals surface area contributed by atoms with Crippen molar-refractivity contribution in [2.24, 2.45) is 0 Å². The predicted molar refractivity (Wildman–Crippen MR) is 69.1 cm³/mol. The second-order valence-corrected chi connectivity index (χ2v) is 3.50. The molecule has 0 aromatic heterocycles. The second-order valence-electron chi connectivity index (χ2n) is 3.50. The summed E-state index contributed by atoms with van der Waals surface area (Å²) < 4.78 is 5.17. The number of carbonyl (C=O) groups is 1. The summed E-state index contributed by atoms with van der Waals surface area (Å²) in [5.41, 5.74) is 1.37. The number of rotatable bonds is 3. The third-order valence-electron chi connectivity index (χ3n) is 2.63. The highest BCUT2D eigenvalue weighted by Gasteiger charge is 2.07. The van der Waals surface area contributed by atoms with Gasteiger partial charge in [-0.15, -0.1) is 12.4 Å². The minimum atomic E-state index is -0.0824. The van der Waals surface area contributed by atoms with E-state index in [4.69, 9.17) is 4.74 Å². The highest BCUT2D eigenvalue weighted by molar-refractivity contribution is 5.92. The molecule has 0 aliphatic heterocycles. The molecular weight excluding hydrogens is 240 g/mol. The van der Waals surface area contributed by atoms with E-state index in [0.29, 0.717) is 11.3 Å². The van der Waals surface area contributed by atoms with Crippen molar-refractivity contribution in [2.45, 2.75) is 6.61 Å². The second kappa shape index (κ2) is 5.66. The first-order valence-electron chi connectivity index (χ1n) is 4.96. The fourth-order valence-electron chi connectivity index (χ4n) is 1.82. The molecule has 0 radical (unpaired) electrons. The predicted octanol–water partition coefficient (Wildman–Crippen LogP) is 2.58. The summed E-state index contributed by atoms with van der Waals surface area (Å²) in [7, 11) is 1.57. The van der Waals surface area contributed by atoms with Crippen LogP contribution in [0.5, 0.6) is 5.75 Å². The molecule has 0 unspecified atom stereocenters. The lowest BCUT2D eigenvalue weighted by molar-refractivity contribution is 0.112. The standard InChI is InChI=1S/C13H12O3.ClH/c1-16-13-5-3-10-6-9(7-14)2-4-11(10)12(13)8-15;/h2-7,15H,8H2,1H3;1H. The van der Waals surface area contributed by atoms with Crippen molar-refractivity contribution in [2.75, 3.05) is 7.11 Å². The van der Waals surface area contributed by atoms with Gasteiger partial charge in [0.05, 0.1) is 13.7 Å². The van der Waals surface area contributed by atoms with Gasteiger partial charge in [0.25, 0.3) is 0 Å². The number of aldehydes is 1. The van der Waals surface area contributed by atoms with Gasteiger partial charge in [-0.3, -0.25) is 4.79 Å². The number of benzene rings is 2. The van der Waals surface area contributed by atoms with Crippen LogP contribution in [0, 0.1) is 0 Å². The zero-order chi connectivity index (χ0) is 11.5. The van der Waals surface area contributed by atoms with Gasteiger partial charge in [-0.2, -0.15) is 0 Å². The number of carbonyl (C=O) groups excluding carboxylic acids is 1. The maximum atomic E-state index is 10.7. The number of fused-ring (bicyclic) bond motifs is 1. The van der Waals surface area contributed by atoms with E-state index < -0.39 is 0 Å². The Morgan fingerprint density at radius 2 is 2.06 bits per heavy atom. The molecule has 0 aliphatic carbocycles. The van der Waals surface area contributed by atoms with Crippen molar-refractivity contribution in [3.8, 4) is 5.75 Å². The molecule has 0 saturated heterocycles. The van der Waals surface area contributed by atoms with Gasteiger partial charge in [-0.05, 0) is 22.9 Å². The van der Waals surface area contributed by atoms with Crippen LogP contribution >= 0.6 is 12.4 Å². The normalized spacial score (nSPS) is 9.76. The molecular formula is C13H13ClO3. The molecule has 0 atom stereocenters. The van der Waals surface area contributed by atoms with Crippen LogP contribution in [0.15, 0.2) is 30.3 Å². The number of halogens is 1. The van der Waals surface area contributed by atoms with Gasteiger partial charge in [0, 0.05) is 11.1 Å². The van der Waals surface area contributed by atoms with Crippen LogP contribution in [0.25, 0.3) is 10.8 Å². The molecule has 2 aromatic rings. The summed E-state index contributed by atoms with van der Waals surface area (Å²) in [5.74, 6) is 0.661.